The van der Waals surface area contributed by atoms with E-state index < -0.39 is 0 Å². The average molecular weight is 173 g/mol. The summed E-state index contributed by atoms with van der Waals surface area (Å²) < 4.78 is 0. The lowest BCUT2D eigenvalue weighted by Crippen LogP contribution is -2.21. The van der Waals surface area contributed by atoms with E-state index in [-0.39, 0.29) is 0 Å². The molecule has 0 amide bonds. The van der Waals surface area contributed by atoms with Crippen LogP contribution in [-0.4, -0.2) is 13.1 Å². The summed E-state index contributed by atoms with van der Waals surface area (Å²) in [6, 6.07) is 0. The van der Waals surface area contributed by atoms with Crippen molar-refractivity contribution in [3.63, 3.8) is 0 Å². The molecule has 0 saturated heterocycles. The molecule has 0 bridgehead atoms. The smallest absolute Gasteiger partial charge is 0.00258 e. The van der Waals surface area contributed by atoms with Crippen LogP contribution in [-0.2, 0) is 0 Å². The summed E-state index contributed by atoms with van der Waals surface area (Å²) >= 11 is 0. The van der Waals surface area contributed by atoms with Gasteiger partial charge in [0.1, 0.15) is 0 Å². The van der Waals surface area contributed by atoms with Crippen LogP contribution in [0.3, 0.4) is 0 Å². The van der Waals surface area contributed by atoms with Crippen molar-refractivity contribution in [1.29, 1.82) is 0 Å². The van der Waals surface area contributed by atoms with Gasteiger partial charge in [0.2, 0.25) is 0 Å². The molecule has 12 heavy (non-hydrogen) atoms. The second kappa shape index (κ2) is 11.0. The molecule has 0 heterocycles. The SMILES string of the molecule is CC.CC(C)CCNCC(C)C. The van der Waals surface area contributed by atoms with Crippen LogP contribution in [0.2, 0.25) is 0 Å². The largest absolute Gasteiger partial charge is 0.316 e. The highest BCUT2D eigenvalue weighted by atomic mass is 14.8. The highest BCUT2D eigenvalue weighted by molar-refractivity contribution is 4.52. The molecule has 0 fully saturated rings. The lowest BCUT2D eigenvalue weighted by Gasteiger charge is -2.08. The Bertz CT molecular complexity index is 57.4. The fourth-order valence-electron chi connectivity index (χ4n) is 0.781. The van der Waals surface area contributed by atoms with E-state index in [4.69, 9.17) is 0 Å². The molecule has 0 unspecified atom stereocenters. The first-order valence-electron chi connectivity index (χ1n) is 5.33. The predicted molar refractivity (Wildman–Crippen MR) is 58.5 cm³/mol. The number of rotatable bonds is 5. The molecule has 0 saturated carbocycles. The fraction of sp³-hybridized carbons (Fsp3) is 1.00. The van der Waals surface area contributed by atoms with Crippen molar-refractivity contribution in [1.82, 2.24) is 5.32 Å². The second-order valence-corrected chi connectivity index (χ2v) is 3.78. The van der Waals surface area contributed by atoms with E-state index in [1.165, 1.54) is 13.0 Å². The quantitative estimate of drug-likeness (QED) is 0.629. The highest BCUT2D eigenvalue weighted by Crippen LogP contribution is 1.96. The minimum atomic E-state index is 0.784. The van der Waals surface area contributed by atoms with Crippen LogP contribution < -0.4 is 5.32 Å². The molecule has 1 heteroatoms. The van der Waals surface area contributed by atoms with Gasteiger partial charge in [-0.25, -0.2) is 0 Å². The van der Waals surface area contributed by atoms with Crippen LogP contribution in [0.25, 0.3) is 0 Å². The third-order valence-corrected chi connectivity index (χ3v) is 1.45. The van der Waals surface area contributed by atoms with Gasteiger partial charge in [0, 0.05) is 0 Å². The molecule has 1 nitrogen and oxygen atoms in total. The van der Waals surface area contributed by atoms with E-state index in [2.05, 4.69) is 33.0 Å². The lowest BCUT2D eigenvalue weighted by molar-refractivity contribution is 0.498. The number of hydrogen-bond donors (Lipinski definition) is 1. The number of hydrogen-bond acceptors (Lipinski definition) is 1. The normalized spacial score (nSPS) is 10.0. The lowest BCUT2D eigenvalue weighted by atomic mass is 10.1. The predicted octanol–water partition coefficient (Wildman–Crippen LogP) is 3.30. The summed E-state index contributed by atoms with van der Waals surface area (Å²) in [6.07, 6.45) is 1.30. The van der Waals surface area contributed by atoms with Crippen molar-refractivity contribution in [3.8, 4) is 0 Å². The van der Waals surface area contributed by atoms with Crippen LogP contribution in [0.4, 0.5) is 0 Å². The zero-order valence-corrected chi connectivity index (χ0v) is 9.78. The highest BCUT2D eigenvalue weighted by Gasteiger charge is 1.94. The monoisotopic (exact) mass is 173 g/mol. The van der Waals surface area contributed by atoms with Crippen molar-refractivity contribution in [2.24, 2.45) is 11.8 Å². The average Bonchev–Trinajstić information content (AvgIpc) is 2.02. The molecule has 0 aromatic heterocycles. The first kappa shape index (κ1) is 14.5. The molecule has 0 aliphatic rings. The van der Waals surface area contributed by atoms with Crippen molar-refractivity contribution < 1.29 is 0 Å². The van der Waals surface area contributed by atoms with Gasteiger partial charge in [0.25, 0.3) is 0 Å². The maximum Gasteiger partial charge on any atom is -0.00258 e. The maximum absolute atomic E-state index is 3.42. The molecular weight excluding hydrogens is 146 g/mol. The Kier molecular flexibility index (Phi) is 13.2. The van der Waals surface area contributed by atoms with Crippen molar-refractivity contribution in [2.75, 3.05) is 13.1 Å². The summed E-state index contributed by atoms with van der Waals surface area (Å²) in [7, 11) is 0. The fourth-order valence-corrected chi connectivity index (χ4v) is 0.781. The van der Waals surface area contributed by atoms with Crippen LogP contribution in [0, 0.1) is 11.8 Å². The Balaban J connectivity index is 0. The molecule has 1 N–H and O–H groups in total. The first-order chi connectivity index (χ1) is 5.63. The molecule has 76 valence electrons. The zero-order valence-electron chi connectivity index (χ0n) is 9.78. The van der Waals surface area contributed by atoms with Crippen LogP contribution in [0.5, 0.6) is 0 Å². The molecule has 0 atom stereocenters. The Hall–Kier alpha value is -0.0400. The van der Waals surface area contributed by atoms with E-state index in [0.717, 1.165) is 18.4 Å². The number of nitrogens with one attached hydrogen (secondary N) is 1. The van der Waals surface area contributed by atoms with Gasteiger partial charge in [0.15, 0.2) is 0 Å². The minimum absolute atomic E-state index is 0.784. The Morgan fingerprint density at radius 2 is 1.42 bits per heavy atom. The van der Waals surface area contributed by atoms with Crippen molar-refractivity contribution in [3.05, 3.63) is 0 Å². The molecular formula is C11H27N. The van der Waals surface area contributed by atoms with E-state index >= 15 is 0 Å². The standard InChI is InChI=1S/C9H21N.C2H6/c1-8(2)5-6-10-7-9(3)4;1-2/h8-10H,5-7H2,1-4H3;1-2H3. The van der Waals surface area contributed by atoms with Gasteiger partial charge in [-0.3, -0.25) is 0 Å². The van der Waals surface area contributed by atoms with Crippen molar-refractivity contribution in [2.45, 2.75) is 48.0 Å². The Morgan fingerprint density at radius 3 is 1.75 bits per heavy atom. The topological polar surface area (TPSA) is 12.0 Å². The van der Waals surface area contributed by atoms with Crippen LogP contribution in [0.15, 0.2) is 0 Å². The molecule has 0 aliphatic heterocycles. The van der Waals surface area contributed by atoms with E-state index in [1.54, 1.807) is 0 Å². The molecule has 0 aliphatic carbocycles. The van der Waals surface area contributed by atoms with Gasteiger partial charge in [-0.15, -0.1) is 0 Å². The van der Waals surface area contributed by atoms with Gasteiger partial charge >= 0.3 is 0 Å². The summed E-state index contributed by atoms with van der Waals surface area (Å²) in [5.74, 6) is 1.62. The van der Waals surface area contributed by atoms with E-state index in [1.807, 2.05) is 13.8 Å². The minimum Gasteiger partial charge on any atom is -0.316 e. The van der Waals surface area contributed by atoms with Gasteiger partial charge < -0.3 is 5.32 Å². The zero-order chi connectivity index (χ0) is 9.98. The third kappa shape index (κ3) is 16.5. The molecule has 0 spiro atoms. The van der Waals surface area contributed by atoms with Crippen LogP contribution >= 0.6 is 0 Å². The molecule has 0 aromatic carbocycles. The first-order valence-corrected chi connectivity index (χ1v) is 5.33. The Morgan fingerprint density at radius 1 is 0.917 bits per heavy atom. The summed E-state index contributed by atoms with van der Waals surface area (Å²) in [6.45, 7) is 15.3. The Labute approximate surface area is 78.9 Å². The van der Waals surface area contributed by atoms with E-state index in [0.29, 0.717) is 0 Å². The summed E-state index contributed by atoms with van der Waals surface area (Å²) in [4.78, 5) is 0. The van der Waals surface area contributed by atoms with Gasteiger partial charge in [-0.2, -0.15) is 0 Å². The van der Waals surface area contributed by atoms with Gasteiger partial charge in [0.05, 0.1) is 0 Å². The summed E-state index contributed by atoms with van der Waals surface area (Å²) in [5, 5.41) is 3.42. The third-order valence-electron chi connectivity index (χ3n) is 1.45. The molecule has 0 aromatic rings. The maximum atomic E-state index is 3.42. The van der Waals surface area contributed by atoms with Crippen LogP contribution in [0.1, 0.15) is 48.0 Å². The van der Waals surface area contributed by atoms with Crippen molar-refractivity contribution >= 4 is 0 Å². The van der Waals surface area contributed by atoms with Gasteiger partial charge in [-0.05, 0) is 31.3 Å². The molecule has 0 radical (unpaired) electrons. The summed E-state index contributed by atoms with van der Waals surface area (Å²) in [5.41, 5.74) is 0. The van der Waals surface area contributed by atoms with E-state index in [9.17, 15) is 0 Å². The molecule has 0 rings (SSSR count). The second-order valence-electron chi connectivity index (χ2n) is 3.78. The van der Waals surface area contributed by atoms with Gasteiger partial charge in [-0.1, -0.05) is 41.5 Å².